The summed E-state index contributed by atoms with van der Waals surface area (Å²) < 4.78 is 9.68. The van der Waals surface area contributed by atoms with Gasteiger partial charge in [0.15, 0.2) is 11.5 Å². The number of nitriles is 1. The maximum absolute atomic E-state index is 10.8. The lowest BCUT2D eigenvalue weighted by Crippen LogP contribution is -2.12. The average molecular weight is 207 g/mol. The molecule has 0 radical (unpaired) electrons. The van der Waals surface area contributed by atoms with Crippen LogP contribution in [0.3, 0.4) is 0 Å². The fourth-order valence-corrected chi connectivity index (χ4v) is 0.981. The Bertz CT molecular complexity index is 408. The quantitative estimate of drug-likeness (QED) is 0.575. The normalized spacial score (nSPS) is 9.13. The van der Waals surface area contributed by atoms with Gasteiger partial charge in [0.25, 0.3) is 0 Å². The van der Waals surface area contributed by atoms with Crippen molar-refractivity contribution in [2.45, 2.75) is 0 Å². The standard InChI is InChI=1S/C10H9NO4/c1-14-8-3-2-7(5-11)4-9(8)15-10(13)6-12/h2-4,12H,6H2,1H3. The lowest BCUT2D eigenvalue weighted by Gasteiger charge is -2.07. The van der Waals surface area contributed by atoms with Gasteiger partial charge in [0.1, 0.15) is 6.61 Å². The van der Waals surface area contributed by atoms with Crippen molar-refractivity contribution in [1.82, 2.24) is 0 Å². The molecule has 0 bridgehead atoms. The summed E-state index contributed by atoms with van der Waals surface area (Å²) in [5.74, 6) is -0.352. The first-order chi connectivity index (χ1) is 7.21. The fraction of sp³-hybridized carbons (Fsp3) is 0.200. The second-order valence-electron chi connectivity index (χ2n) is 2.61. The molecular formula is C10H9NO4. The van der Waals surface area contributed by atoms with Crippen molar-refractivity contribution in [1.29, 1.82) is 5.26 Å². The van der Waals surface area contributed by atoms with Gasteiger partial charge >= 0.3 is 5.97 Å². The number of hydrogen-bond acceptors (Lipinski definition) is 5. The number of methoxy groups -OCH3 is 1. The molecule has 0 saturated carbocycles. The zero-order chi connectivity index (χ0) is 11.3. The van der Waals surface area contributed by atoms with E-state index >= 15 is 0 Å². The topological polar surface area (TPSA) is 79.5 Å². The van der Waals surface area contributed by atoms with Crippen molar-refractivity contribution in [3.8, 4) is 17.6 Å². The van der Waals surface area contributed by atoms with Gasteiger partial charge in [-0.15, -0.1) is 0 Å². The summed E-state index contributed by atoms with van der Waals surface area (Å²) in [6.45, 7) is -0.722. The molecule has 0 atom stereocenters. The van der Waals surface area contributed by atoms with E-state index in [9.17, 15) is 4.79 Å². The van der Waals surface area contributed by atoms with Gasteiger partial charge in [-0.05, 0) is 12.1 Å². The summed E-state index contributed by atoms with van der Waals surface area (Å²) >= 11 is 0. The number of esters is 1. The Morgan fingerprint density at radius 1 is 1.53 bits per heavy atom. The molecule has 0 heterocycles. The molecule has 0 aromatic heterocycles. The Balaban J connectivity index is 3.02. The first kappa shape index (κ1) is 11.0. The van der Waals surface area contributed by atoms with E-state index in [2.05, 4.69) is 0 Å². The summed E-state index contributed by atoms with van der Waals surface area (Å²) in [7, 11) is 1.41. The Morgan fingerprint density at radius 2 is 2.27 bits per heavy atom. The van der Waals surface area contributed by atoms with Crippen LogP contribution >= 0.6 is 0 Å². The first-order valence-corrected chi connectivity index (χ1v) is 4.11. The number of rotatable bonds is 3. The van der Waals surface area contributed by atoms with Crippen LogP contribution in [0, 0.1) is 11.3 Å². The van der Waals surface area contributed by atoms with Crippen LogP contribution in [0.5, 0.6) is 11.5 Å². The van der Waals surface area contributed by atoms with Gasteiger partial charge in [0, 0.05) is 6.07 Å². The smallest absolute Gasteiger partial charge is 0.337 e. The Labute approximate surface area is 86.5 Å². The highest BCUT2D eigenvalue weighted by molar-refractivity contribution is 5.74. The highest BCUT2D eigenvalue weighted by atomic mass is 16.6. The zero-order valence-electron chi connectivity index (χ0n) is 8.06. The van der Waals surface area contributed by atoms with Crippen molar-refractivity contribution < 1.29 is 19.4 Å². The molecule has 0 aliphatic heterocycles. The van der Waals surface area contributed by atoms with Gasteiger partial charge in [-0.3, -0.25) is 0 Å². The second kappa shape index (κ2) is 4.98. The van der Waals surface area contributed by atoms with Gasteiger partial charge in [-0.2, -0.15) is 5.26 Å². The minimum absolute atomic E-state index is 0.121. The monoisotopic (exact) mass is 207 g/mol. The van der Waals surface area contributed by atoms with E-state index in [4.69, 9.17) is 19.8 Å². The van der Waals surface area contributed by atoms with Crippen LogP contribution in [-0.4, -0.2) is 24.8 Å². The average Bonchev–Trinajstić information content (AvgIpc) is 2.28. The Morgan fingerprint density at radius 3 is 2.80 bits per heavy atom. The van der Waals surface area contributed by atoms with Gasteiger partial charge in [-0.1, -0.05) is 0 Å². The summed E-state index contributed by atoms with van der Waals surface area (Å²) in [5, 5.41) is 17.1. The van der Waals surface area contributed by atoms with Crippen LogP contribution in [0.1, 0.15) is 5.56 Å². The highest BCUT2D eigenvalue weighted by Gasteiger charge is 2.09. The van der Waals surface area contributed by atoms with Crippen molar-refractivity contribution in [2.24, 2.45) is 0 Å². The summed E-state index contributed by atoms with van der Waals surface area (Å²) in [4.78, 5) is 10.8. The number of nitrogens with zero attached hydrogens (tertiary/aromatic N) is 1. The summed E-state index contributed by atoms with van der Waals surface area (Å²) in [6, 6.07) is 6.32. The molecule has 15 heavy (non-hydrogen) atoms. The molecule has 1 N–H and O–H groups in total. The van der Waals surface area contributed by atoms with Crippen molar-refractivity contribution in [3.05, 3.63) is 23.8 Å². The Kier molecular flexibility index (Phi) is 3.66. The van der Waals surface area contributed by atoms with Crippen LogP contribution in [0.25, 0.3) is 0 Å². The number of carbonyl (C=O) groups is 1. The molecule has 1 aromatic carbocycles. The number of benzene rings is 1. The molecule has 0 aliphatic rings. The number of ether oxygens (including phenoxy) is 2. The van der Waals surface area contributed by atoms with E-state index in [0.717, 1.165) is 0 Å². The van der Waals surface area contributed by atoms with Crippen LogP contribution in [0.4, 0.5) is 0 Å². The van der Waals surface area contributed by atoms with E-state index in [0.29, 0.717) is 11.3 Å². The van der Waals surface area contributed by atoms with E-state index < -0.39 is 12.6 Å². The summed E-state index contributed by atoms with van der Waals surface area (Å²) in [6.07, 6.45) is 0. The van der Waals surface area contributed by atoms with Crippen LogP contribution in [0.15, 0.2) is 18.2 Å². The largest absolute Gasteiger partial charge is 0.493 e. The van der Waals surface area contributed by atoms with Gasteiger partial charge < -0.3 is 14.6 Å². The van der Waals surface area contributed by atoms with Crippen molar-refractivity contribution in [2.75, 3.05) is 13.7 Å². The van der Waals surface area contributed by atoms with E-state index in [-0.39, 0.29) is 5.75 Å². The molecule has 0 spiro atoms. The molecule has 0 aliphatic carbocycles. The third-order valence-electron chi connectivity index (χ3n) is 1.65. The highest BCUT2D eigenvalue weighted by Crippen LogP contribution is 2.27. The molecular weight excluding hydrogens is 198 g/mol. The number of hydrogen-bond donors (Lipinski definition) is 1. The van der Waals surface area contributed by atoms with Crippen LogP contribution in [-0.2, 0) is 4.79 Å². The minimum atomic E-state index is -0.802. The second-order valence-corrected chi connectivity index (χ2v) is 2.61. The lowest BCUT2D eigenvalue weighted by molar-refractivity contribution is -0.137. The number of aliphatic hydroxyl groups excluding tert-OH is 1. The molecule has 0 saturated heterocycles. The SMILES string of the molecule is COc1ccc(C#N)cc1OC(=O)CO. The Hall–Kier alpha value is -2.06. The van der Waals surface area contributed by atoms with Crippen LogP contribution < -0.4 is 9.47 Å². The molecule has 0 fully saturated rings. The molecule has 5 heteroatoms. The molecule has 78 valence electrons. The number of aliphatic hydroxyl groups is 1. The molecule has 1 aromatic rings. The minimum Gasteiger partial charge on any atom is -0.493 e. The predicted molar refractivity (Wildman–Crippen MR) is 50.4 cm³/mol. The van der Waals surface area contributed by atoms with Gasteiger partial charge in [0.05, 0.1) is 18.7 Å². The third kappa shape index (κ3) is 2.69. The summed E-state index contributed by atoms with van der Waals surface area (Å²) in [5.41, 5.74) is 0.344. The maximum atomic E-state index is 10.8. The number of carbonyl (C=O) groups excluding carboxylic acids is 1. The predicted octanol–water partition coefficient (Wildman–Crippen LogP) is 0.465. The van der Waals surface area contributed by atoms with Gasteiger partial charge in [-0.25, -0.2) is 4.79 Å². The first-order valence-electron chi connectivity index (χ1n) is 4.11. The van der Waals surface area contributed by atoms with Gasteiger partial charge in [0.2, 0.25) is 0 Å². The van der Waals surface area contributed by atoms with Crippen molar-refractivity contribution in [3.63, 3.8) is 0 Å². The lowest BCUT2D eigenvalue weighted by atomic mass is 10.2. The van der Waals surface area contributed by atoms with E-state index in [1.54, 1.807) is 0 Å². The van der Waals surface area contributed by atoms with Crippen LogP contribution in [0.2, 0.25) is 0 Å². The van der Waals surface area contributed by atoms with Crippen molar-refractivity contribution >= 4 is 5.97 Å². The molecule has 1 rings (SSSR count). The fourth-order valence-electron chi connectivity index (χ4n) is 0.981. The molecule has 5 nitrogen and oxygen atoms in total. The maximum Gasteiger partial charge on any atom is 0.337 e. The van der Waals surface area contributed by atoms with E-state index in [1.165, 1.54) is 25.3 Å². The molecule has 0 unspecified atom stereocenters. The zero-order valence-corrected chi connectivity index (χ0v) is 8.06. The van der Waals surface area contributed by atoms with E-state index in [1.807, 2.05) is 6.07 Å². The molecule has 0 amide bonds. The third-order valence-corrected chi connectivity index (χ3v) is 1.65.